The van der Waals surface area contributed by atoms with Crippen LogP contribution < -0.4 is 0 Å². The molecule has 0 bridgehead atoms. The third kappa shape index (κ3) is 4.06. The van der Waals surface area contributed by atoms with E-state index in [9.17, 15) is 18.6 Å². The van der Waals surface area contributed by atoms with Crippen molar-refractivity contribution in [2.45, 2.75) is 37.4 Å². The van der Waals surface area contributed by atoms with Gasteiger partial charge in [-0.05, 0) is 25.5 Å². The molecule has 5 nitrogen and oxygen atoms in total. The molecule has 102 valence electrons. The van der Waals surface area contributed by atoms with E-state index in [4.69, 9.17) is 4.18 Å². The maximum atomic E-state index is 11.7. The Hall–Kier alpha value is -0.950. The fraction of sp³-hybridized carbons (Fsp3) is 0.500. The topological polar surface area (TPSA) is 83.8 Å². The van der Waals surface area contributed by atoms with E-state index in [2.05, 4.69) is 0 Å². The lowest BCUT2D eigenvalue weighted by atomic mass is 10.2. The van der Waals surface area contributed by atoms with Gasteiger partial charge in [0.25, 0.3) is 10.1 Å². The van der Waals surface area contributed by atoms with Gasteiger partial charge in [-0.15, -0.1) is 0 Å². The number of aryl methyl sites for hydroxylation is 1. The molecule has 1 aromatic carbocycles. The first kappa shape index (κ1) is 15.1. The first-order chi connectivity index (χ1) is 8.36. The molecule has 0 unspecified atom stereocenters. The van der Waals surface area contributed by atoms with Gasteiger partial charge in [0.15, 0.2) is 0 Å². The zero-order chi connectivity index (χ0) is 13.8. The maximum absolute atomic E-state index is 11.7. The van der Waals surface area contributed by atoms with Crippen LogP contribution in [0.2, 0.25) is 0 Å². The van der Waals surface area contributed by atoms with Crippen molar-refractivity contribution < 1.29 is 22.8 Å². The van der Waals surface area contributed by atoms with E-state index >= 15 is 0 Å². The molecule has 1 aromatic rings. The minimum atomic E-state index is -3.88. The lowest BCUT2D eigenvalue weighted by Gasteiger charge is -2.15. The van der Waals surface area contributed by atoms with Crippen LogP contribution in [0.1, 0.15) is 18.9 Å². The molecule has 0 amide bonds. The van der Waals surface area contributed by atoms with E-state index in [1.165, 1.54) is 12.1 Å². The average Bonchev–Trinajstić information content (AvgIpc) is 2.35. The molecule has 2 atom stereocenters. The van der Waals surface area contributed by atoms with Crippen LogP contribution in [0.25, 0.3) is 0 Å². The monoisotopic (exact) mass is 274 g/mol. The Kier molecular flexibility index (Phi) is 5.28. The molecule has 0 aliphatic carbocycles. The van der Waals surface area contributed by atoms with Gasteiger partial charge in [0.2, 0.25) is 0 Å². The summed E-state index contributed by atoms with van der Waals surface area (Å²) in [5, 5.41) is 18.7. The number of aliphatic hydroxyl groups excluding tert-OH is 2. The second-order valence-corrected chi connectivity index (χ2v) is 5.71. The van der Waals surface area contributed by atoms with Crippen molar-refractivity contribution >= 4 is 10.1 Å². The molecular weight excluding hydrogens is 256 g/mol. The van der Waals surface area contributed by atoms with Crippen molar-refractivity contribution in [1.29, 1.82) is 0 Å². The Morgan fingerprint density at radius 2 is 1.72 bits per heavy atom. The summed E-state index contributed by atoms with van der Waals surface area (Å²) in [7, 11) is -3.88. The largest absolute Gasteiger partial charge is 0.390 e. The molecule has 0 fully saturated rings. The molecule has 6 heteroatoms. The Balaban J connectivity index is 2.68. The van der Waals surface area contributed by atoms with Crippen molar-refractivity contribution in [3.05, 3.63) is 29.8 Å². The van der Waals surface area contributed by atoms with Gasteiger partial charge < -0.3 is 10.2 Å². The molecule has 2 N–H and O–H groups in total. The van der Waals surface area contributed by atoms with E-state index in [1.54, 1.807) is 19.1 Å². The normalized spacial score (nSPS) is 15.3. The SMILES string of the molecule is CC[C@@H](O)[C@H](O)COS(=O)(=O)c1ccc(C)cc1. The fourth-order valence-corrected chi connectivity index (χ4v) is 2.24. The van der Waals surface area contributed by atoms with Crippen molar-refractivity contribution in [3.63, 3.8) is 0 Å². The van der Waals surface area contributed by atoms with Crippen LogP contribution in [0.15, 0.2) is 29.2 Å². The van der Waals surface area contributed by atoms with Gasteiger partial charge in [0, 0.05) is 0 Å². The van der Waals surface area contributed by atoms with Gasteiger partial charge in [0.05, 0.1) is 17.6 Å². The first-order valence-electron chi connectivity index (χ1n) is 5.69. The molecule has 0 radical (unpaired) electrons. The second-order valence-electron chi connectivity index (χ2n) is 4.09. The van der Waals surface area contributed by atoms with Crippen molar-refractivity contribution in [2.75, 3.05) is 6.61 Å². The molecule has 0 saturated carbocycles. The highest BCUT2D eigenvalue weighted by atomic mass is 32.2. The van der Waals surface area contributed by atoms with Crippen LogP contribution in [0, 0.1) is 6.92 Å². The Labute approximate surface area is 107 Å². The average molecular weight is 274 g/mol. The maximum Gasteiger partial charge on any atom is 0.297 e. The fourth-order valence-electron chi connectivity index (χ4n) is 1.32. The molecular formula is C12H18O5S. The van der Waals surface area contributed by atoms with Gasteiger partial charge in [-0.3, -0.25) is 4.18 Å². The predicted octanol–water partition coefficient (Wildman–Crippen LogP) is 0.832. The number of hydrogen-bond donors (Lipinski definition) is 2. The summed E-state index contributed by atoms with van der Waals surface area (Å²) in [6, 6.07) is 6.20. The number of rotatable bonds is 6. The summed E-state index contributed by atoms with van der Waals surface area (Å²) in [5.41, 5.74) is 0.940. The van der Waals surface area contributed by atoms with Crippen LogP contribution in [-0.4, -0.2) is 37.4 Å². The second kappa shape index (κ2) is 6.29. The summed E-state index contributed by atoms with van der Waals surface area (Å²) in [6.45, 7) is 3.08. The van der Waals surface area contributed by atoms with Crippen LogP contribution >= 0.6 is 0 Å². The smallest absolute Gasteiger partial charge is 0.297 e. The van der Waals surface area contributed by atoms with Gasteiger partial charge in [-0.2, -0.15) is 8.42 Å². The lowest BCUT2D eigenvalue weighted by molar-refractivity contribution is -0.00771. The summed E-state index contributed by atoms with van der Waals surface area (Å²) in [4.78, 5) is 0.0336. The molecule has 0 spiro atoms. The number of hydrogen-bond acceptors (Lipinski definition) is 5. The molecule has 0 aliphatic heterocycles. The molecule has 1 rings (SSSR count). The Morgan fingerprint density at radius 1 is 1.17 bits per heavy atom. The Morgan fingerprint density at radius 3 is 2.22 bits per heavy atom. The first-order valence-corrected chi connectivity index (χ1v) is 7.10. The highest BCUT2D eigenvalue weighted by molar-refractivity contribution is 7.86. The van der Waals surface area contributed by atoms with E-state index in [1.807, 2.05) is 6.92 Å². The third-order valence-corrected chi connectivity index (χ3v) is 3.86. The lowest BCUT2D eigenvalue weighted by Crippen LogP contribution is -2.31. The molecule has 0 aliphatic rings. The van der Waals surface area contributed by atoms with Crippen molar-refractivity contribution in [2.24, 2.45) is 0 Å². The third-order valence-electron chi connectivity index (χ3n) is 2.57. The predicted molar refractivity (Wildman–Crippen MR) is 66.6 cm³/mol. The number of benzene rings is 1. The molecule has 0 heterocycles. The molecule has 18 heavy (non-hydrogen) atoms. The highest BCUT2D eigenvalue weighted by Gasteiger charge is 2.20. The minimum Gasteiger partial charge on any atom is -0.390 e. The summed E-state index contributed by atoms with van der Waals surface area (Å²) in [6.07, 6.45) is -1.87. The summed E-state index contributed by atoms with van der Waals surface area (Å²) in [5.74, 6) is 0. The van der Waals surface area contributed by atoms with Crippen LogP contribution in [0.5, 0.6) is 0 Å². The quantitative estimate of drug-likeness (QED) is 0.751. The van der Waals surface area contributed by atoms with Crippen LogP contribution in [0.4, 0.5) is 0 Å². The number of aliphatic hydroxyl groups is 2. The zero-order valence-corrected chi connectivity index (χ0v) is 11.2. The van der Waals surface area contributed by atoms with Crippen LogP contribution in [0.3, 0.4) is 0 Å². The Bertz CT molecular complexity index is 466. The summed E-state index contributed by atoms with van der Waals surface area (Å²) >= 11 is 0. The molecule has 0 aromatic heterocycles. The van der Waals surface area contributed by atoms with Crippen LogP contribution in [-0.2, 0) is 14.3 Å². The van der Waals surface area contributed by atoms with E-state index < -0.39 is 28.9 Å². The standard InChI is InChI=1S/C12H18O5S/c1-3-11(13)12(14)8-17-18(15,16)10-6-4-9(2)5-7-10/h4-7,11-14H,3,8H2,1-2H3/t11-,12-/m1/s1. The zero-order valence-electron chi connectivity index (χ0n) is 10.4. The minimum absolute atomic E-state index is 0.0336. The van der Waals surface area contributed by atoms with Gasteiger partial charge in [-0.1, -0.05) is 24.6 Å². The summed E-state index contributed by atoms with van der Waals surface area (Å²) < 4.78 is 28.2. The van der Waals surface area contributed by atoms with Gasteiger partial charge in [0.1, 0.15) is 6.10 Å². The van der Waals surface area contributed by atoms with Crippen molar-refractivity contribution in [1.82, 2.24) is 0 Å². The van der Waals surface area contributed by atoms with E-state index in [0.29, 0.717) is 6.42 Å². The van der Waals surface area contributed by atoms with Crippen molar-refractivity contribution in [3.8, 4) is 0 Å². The van der Waals surface area contributed by atoms with Gasteiger partial charge >= 0.3 is 0 Å². The van der Waals surface area contributed by atoms with E-state index in [0.717, 1.165) is 5.56 Å². The van der Waals surface area contributed by atoms with Gasteiger partial charge in [-0.25, -0.2) is 0 Å². The van der Waals surface area contributed by atoms with E-state index in [-0.39, 0.29) is 4.90 Å². The highest BCUT2D eigenvalue weighted by Crippen LogP contribution is 2.14. The molecule has 0 saturated heterocycles.